The van der Waals surface area contributed by atoms with E-state index in [0.717, 1.165) is 5.56 Å². The number of hydrogen-bond donors (Lipinski definition) is 1. The summed E-state index contributed by atoms with van der Waals surface area (Å²) in [5, 5.41) is 9.48. The average Bonchev–Trinajstić information content (AvgIpc) is 2.38. The molecule has 18 heavy (non-hydrogen) atoms. The summed E-state index contributed by atoms with van der Waals surface area (Å²) in [6, 6.07) is 5.00. The molecule has 0 heterocycles. The third kappa shape index (κ3) is 3.37. The van der Waals surface area contributed by atoms with Crippen molar-refractivity contribution in [2.24, 2.45) is 0 Å². The number of ether oxygens (including phenoxy) is 2. The predicted molar refractivity (Wildman–Crippen MR) is 67.6 cm³/mol. The zero-order valence-corrected chi connectivity index (χ0v) is 11.1. The lowest BCUT2D eigenvalue weighted by molar-refractivity contribution is -0.140. The van der Waals surface area contributed by atoms with E-state index in [1.807, 2.05) is 0 Å². The van der Waals surface area contributed by atoms with Gasteiger partial charge in [0.05, 0.1) is 7.11 Å². The van der Waals surface area contributed by atoms with Gasteiger partial charge in [0.2, 0.25) is 0 Å². The molecular weight excluding hydrogens is 234 g/mol. The number of aromatic hydroxyl groups is 1. The number of phenolic OH excluding ortho intramolecular Hbond substituents is 1. The van der Waals surface area contributed by atoms with Crippen LogP contribution in [0, 0.1) is 0 Å². The molecule has 0 saturated carbocycles. The second kappa shape index (κ2) is 6.26. The maximum absolute atomic E-state index is 11.8. The van der Waals surface area contributed by atoms with Crippen molar-refractivity contribution >= 4 is 5.91 Å². The van der Waals surface area contributed by atoms with E-state index in [0.29, 0.717) is 12.3 Å². The van der Waals surface area contributed by atoms with Gasteiger partial charge in [0, 0.05) is 20.7 Å². The highest BCUT2D eigenvalue weighted by molar-refractivity contribution is 5.80. The zero-order chi connectivity index (χ0) is 13.7. The molecule has 0 aliphatic rings. The number of hydrogen-bond acceptors (Lipinski definition) is 4. The second-order valence-corrected chi connectivity index (χ2v) is 4.08. The largest absolute Gasteiger partial charge is 0.504 e. The maximum atomic E-state index is 11.8. The third-order valence-corrected chi connectivity index (χ3v) is 2.74. The van der Waals surface area contributed by atoms with Crippen LogP contribution in [0.2, 0.25) is 0 Å². The van der Waals surface area contributed by atoms with Crippen molar-refractivity contribution in [2.45, 2.75) is 19.6 Å². The van der Waals surface area contributed by atoms with E-state index in [9.17, 15) is 9.90 Å². The van der Waals surface area contributed by atoms with Gasteiger partial charge in [0.25, 0.3) is 5.91 Å². The van der Waals surface area contributed by atoms with Gasteiger partial charge in [-0.1, -0.05) is 6.07 Å². The van der Waals surface area contributed by atoms with Crippen molar-refractivity contribution in [2.75, 3.05) is 21.3 Å². The number of benzene rings is 1. The van der Waals surface area contributed by atoms with Gasteiger partial charge < -0.3 is 19.5 Å². The Morgan fingerprint density at radius 2 is 2.11 bits per heavy atom. The molecule has 0 spiro atoms. The van der Waals surface area contributed by atoms with Crippen LogP contribution in [-0.4, -0.2) is 43.3 Å². The van der Waals surface area contributed by atoms with Crippen LogP contribution in [-0.2, 0) is 16.1 Å². The normalized spacial score (nSPS) is 12.0. The maximum Gasteiger partial charge on any atom is 0.251 e. The highest BCUT2D eigenvalue weighted by Crippen LogP contribution is 2.26. The summed E-state index contributed by atoms with van der Waals surface area (Å²) >= 11 is 0. The first-order valence-corrected chi connectivity index (χ1v) is 5.63. The Balaban J connectivity index is 2.75. The summed E-state index contributed by atoms with van der Waals surface area (Å²) in [4.78, 5) is 13.4. The molecule has 1 atom stereocenters. The Bertz CT molecular complexity index is 419. The molecule has 0 bridgehead atoms. The molecule has 0 saturated heterocycles. The lowest BCUT2D eigenvalue weighted by Crippen LogP contribution is -2.35. The topological polar surface area (TPSA) is 59.0 Å². The second-order valence-electron chi connectivity index (χ2n) is 4.08. The van der Waals surface area contributed by atoms with E-state index in [1.165, 1.54) is 14.2 Å². The lowest BCUT2D eigenvalue weighted by atomic mass is 10.2. The molecule has 5 heteroatoms. The molecule has 0 aromatic heterocycles. The Hall–Kier alpha value is -1.75. The molecule has 1 rings (SSSR count). The third-order valence-electron chi connectivity index (χ3n) is 2.74. The molecule has 1 unspecified atom stereocenters. The highest BCUT2D eigenvalue weighted by Gasteiger charge is 2.17. The number of likely N-dealkylation sites (N-methyl/N-ethyl adjacent to an activating group) is 1. The molecule has 1 amide bonds. The number of amides is 1. The van der Waals surface area contributed by atoms with Crippen LogP contribution in [0.4, 0.5) is 0 Å². The van der Waals surface area contributed by atoms with E-state index >= 15 is 0 Å². The Labute approximate surface area is 107 Å². The van der Waals surface area contributed by atoms with Gasteiger partial charge in [-0.25, -0.2) is 0 Å². The van der Waals surface area contributed by atoms with E-state index < -0.39 is 6.10 Å². The fraction of sp³-hybridized carbons (Fsp3) is 0.462. The standard InChI is InChI=1S/C13H19NO4/c1-9(17-3)13(16)14(2)8-10-5-6-11(15)12(7-10)18-4/h5-7,9,15H,8H2,1-4H3. The molecule has 1 N–H and O–H groups in total. The molecule has 5 nitrogen and oxygen atoms in total. The van der Waals surface area contributed by atoms with Crippen molar-refractivity contribution < 1.29 is 19.4 Å². The molecule has 1 aromatic rings. The molecule has 0 aliphatic carbocycles. The smallest absolute Gasteiger partial charge is 0.251 e. The number of methoxy groups -OCH3 is 2. The number of nitrogens with zero attached hydrogens (tertiary/aromatic N) is 1. The van der Waals surface area contributed by atoms with Crippen LogP contribution in [0.3, 0.4) is 0 Å². The fourth-order valence-corrected chi connectivity index (χ4v) is 1.58. The van der Waals surface area contributed by atoms with Crippen LogP contribution < -0.4 is 4.74 Å². The first kappa shape index (κ1) is 14.3. The number of carbonyl (C=O) groups is 1. The average molecular weight is 253 g/mol. The van der Waals surface area contributed by atoms with Crippen molar-refractivity contribution in [1.29, 1.82) is 0 Å². The summed E-state index contributed by atoms with van der Waals surface area (Å²) in [6.45, 7) is 2.14. The van der Waals surface area contributed by atoms with Gasteiger partial charge in [-0.2, -0.15) is 0 Å². The first-order chi connectivity index (χ1) is 8.49. The molecule has 0 radical (unpaired) electrons. The number of carbonyl (C=O) groups excluding carboxylic acids is 1. The first-order valence-electron chi connectivity index (χ1n) is 5.63. The van der Waals surface area contributed by atoms with Gasteiger partial charge in [0.15, 0.2) is 11.5 Å². The van der Waals surface area contributed by atoms with E-state index in [1.54, 1.807) is 37.1 Å². The van der Waals surface area contributed by atoms with Crippen LogP contribution in [0.1, 0.15) is 12.5 Å². The lowest BCUT2D eigenvalue weighted by Gasteiger charge is -2.21. The predicted octanol–water partition coefficient (Wildman–Crippen LogP) is 1.39. The minimum Gasteiger partial charge on any atom is -0.504 e. The van der Waals surface area contributed by atoms with E-state index in [2.05, 4.69) is 0 Å². The van der Waals surface area contributed by atoms with Crippen LogP contribution >= 0.6 is 0 Å². The van der Waals surface area contributed by atoms with Crippen molar-refractivity contribution in [3.05, 3.63) is 23.8 Å². The summed E-state index contributed by atoms with van der Waals surface area (Å²) in [5.41, 5.74) is 0.879. The molecular formula is C13H19NO4. The van der Waals surface area contributed by atoms with Crippen molar-refractivity contribution in [3.63, 3.8) is 0 Å². The summed E-state index contributed by atoms with van der Waals surface area (Å²) in [6.07, 6.45) is -0.464. The van der Waals surface area contributed by atoms with Crippen molar-refractivity contribution in [3.8, 4) is 11.5 Å². The fourth-order valence-electron chi connectivity index (χ4n) is 1.58. The van der Waals surface area contributed by atoms with Crippen LogP contribution in [0.15, 0.2) is 18.2 Å². The van der Waals surface area contributed by atoms with Gasteiger partial charge >= 0.3 is 0 Å². The number of phenols is 1. The molecule has 0 fully saturated rings. The van der Waals surface area contributed by atoms with Gasteiger partial charge in [-0.05, 0) is 24.6 Å². The Kier molecular flexibility index (Phi) is 4.97. The van der Waals surface area contributed by atoms with E-state index in [-0.39, 0.29) is 11.7 Å². The summed E-state index contributed by atoms with van der Waals surface area (Å²) < 4.78 is 10.00. The zero-order valence-electron chi connectivity index (χ0n) is 11.1. The highest BCUT2D eigenvalue weighted by atomic mass is 16.5. The Morgan fingerprint density at radius 1 is 1.44 bits per heavy atom. The SMILES string of the molecule is COc1cc(CN(C)C(=O)C(C)OC)ccc1O. The van der Waals surface area contributed by atoms with Crippen molar-refractivity contribution in [1.82, 2.24) is 4.90 Å². The molecule has 1 aromatic carbocycles. The molecule has 0 aliphatic heterocycles. The monoisotopic (exact) mass is 253 g/mol. The van der Waals surface area contributed by atoms with Crippen LogP contribution in [0.25, 0.3) is 0 Å². The summed E-state index contributed by atoms with van der Waals surface area (Å²) in [5.74, 6) is 0.387. The van der Waals surface area contributed by atoms with Gasteiger partial charge in [0.1, 0.15) is 6.10 Å². The van der Waals surface area contributed by atoms with Gasteiger partial charge in [-0.3, -0.25) is 4.79 Å². The quantitative estimate of drug-likeness (QED) is 0.861. The molecule has 100 valence electrons. The minimum atomic E-state index is -0.464. The minimum absolute atomic E-state index is 0.0838. The number of rotatable bonds is 5. The van der Waals surface area contributed by atoms with Crippen LogP contribution in [0.5, 0.6) is 11.5 Å². The van der Waals surface area contributed by atoms with E-state index in [4.69, 9.17) is 9.47 Å². The van der Waals surface area contributed by atoms with Gasteiger partial charge in [-0.15, -0.1) is 0 Å². The summed E-state index contributed by atoms with van der Waals surface area (Å²) in [7, 11) is 4.69. The Morgan fingerprint density at radius 3 is 2.67 bits per heavy atom.